The van der Waals surface area contributed by atoms with Gasteiger partial charge in [0, 0.05) is 0 Å². The van der Waals surface area contributed by atoms with Gasteiger partial charge in [0.1, 0.15) is 11.8 Å². The first-order valence-electron chi connectivity index (χ1n) is 4.85. The Morgan fingerprint density at radius 1 is 1.56 bits per heavy atom. The van der Waals surface area contributed by atoms with Gasteiger partial charge in [-0.3, -0.25) is 0 Å². The third-order valence-corrected chi connectivity index (χ3v) is 2.70. The van der Waals surface area contributed by atoms with Crippen LogP contribution in [-0.4, -0.2) is 19.7 Å². The van der Waals surface area contributed by atoms with Crippen molar-refractivity contribution in [1.29, 1.82) is 0 Å². The predicted octanol–water partition coefficient (Wildman–Crippen LogP) is 2.02. The van der Waals surface area contributed by atoms with Gasteiger partial charge in [-0.1, -0.05) is 6.07 Å². The molecule has 0 fully saturated rings. The van der Waals surface area contributed by atoms with Crippen molar-refractivity contribution in [2.45, 2.75) is 13.0 Å². The summed E-state index contributed by atoms with van der Waals surface area (Å²) in [5.74, 6) is 0.263. The Bertz CT molecular complexity index is 381. The van der Waals surface area contributed by atoms with Crippen LogP contribution in [0.4, 0.5) is 0 Å². The first-order valence-corrected chi connectivity index (χ1v) is 5.65. The Morgan fingerprint density at radius 2 is 2.25 bits per heavy atom. The fraction of sp³-hybridized carbons (Fsp3) is 0.364. The normalized spacial score (nSPS) is 12.0. The Balaban J connectivity index is 2.88. The quantitative estimate of drug-likeness (QED) is 0.861. The number of ether oxygens (including phenoxy) is 2. The largest absolute Gasteiger partial charge is 0.496 e. The lowest BCUT2D eigenvalue weighted by Crippen LogP contribution is -2.23. The summed E-state index contributed by atoms with van der Waals surface area (Å²) < 4.78 is 10.7. The summed E-state index contributed by atoms with van der Waals surface area (Å²) in [6, 6.07) is 4.48. The lowest BCUT2D eigenvalue weighted by atomic mass is 10.1. The molecule has 0 saturated carbocycles. The van der Waals surface area contributed by atoms with Gasteiger partial charge >= 0.3 is 5.97 Å². The van der Waals surface area contributed by atoms with E-state index in [9.17, 15) is 4.79 Å². The number of rotatable bonds is 4. The molecular formula is C11H14BrNO3. The second-order valence-corrected chi connectivity index (χ2v) is 3.98. The molecule has 16 heavy (non-hydrogen) atoms. The highest BCUT2D eigenvalue weighted by Crippen LogP contribution is 2.27. The molecule has 1 rings (SSSR count). The molecule has 0 aliphatic carbocycles. The van der Waals surface area contributed by atoms with Gasteiger partial charge in [0.05, 0.1) is 18.2 Å². The zero-order chi connectivity index (χ0) is 12.1. The summed E-state index contributed by atoms with van der Waals surface area (Å²) in [5, 5.41) is 0. The molecule has 2 N–H and O–H groups in total. The number of benzene rings is 1. The van der Waals surface area contributed by atoms with Gasteiger partial charge < -0.3 is 15.2 Å². The van der Waals surface area contributed by atoms with Crippen LogP contribution in [0, 0.1) is 0 Å². The fourth-order valence-corrected chi connectivity index (χ4v) is 1.80. The monoisotopic (exact) mass is 287 g/mol. The van der Waals surface area contributed by atoms with E-state index in [1.54, 1.807) is 32.2 Å². The minimum Gasteiger partial charge on any atom is -0.496 e. The van der Waals surface area contributed by atoms with Crippen LogP contribution < -0.4 is 10.5 Å². The van der Waals surface area contributed by atoms with Crippen LogP contribution in [0.15, 0.2) is 22.7 Å². The molecule has 0 aliphatic rings. The molecule has 1 aromatic rings. The fourth-order valence-electron chi connectivity index (χ4n) is 1.24. The second kappa shape index (κ2) is 5.86. The van der Waals surface area contributed by atoms with Crippen LogP contribution in [0.1, 0.15) is 18.5 Å². The molecule has 1 atom stereocenters. The molecule has 0 bridgehead atoms. The molecule has 0 spiro atoms. The van der Waals surface area contributed by atoms with Crippen LogP contribution in [0.5, 0.6) is 5.75 Å². The van der Waals surface area contributed by atoms with E-state index < -0.39 is 12.0 Å². The number of hydrogen-bond acceptors (Lipinski definition) is 4. The van der Waals surface area contributed by atoms with Crippen molar-refractivity contribution in [3.05, 3.63) is 28.2 Å². The standard InChI is InChI=1S/C11H14BrNO3/c1-3-16-11(14)10(13)7-4-5-9(15-2)8(12)6-7/h4-6,10H,3,13H2,1-2H3. The molecule has 4 nitrogen and oxygen atoms in total. The van der Waals surface area contributed by atoms with Gasteiger partial charge in [0.2, 0.25) is 0 Å². The van der Waals surface area contributed by atoms with Crippen molar-refractivity contribution >= 4 is 21.9 Å². The van der Waals surface area contributed by atoms with Gasteiger partial charge in [-0.25, -0.2) is 4.79 Å². The topological polar surface area (TPSA) is 61.5 Å². The maximum Gasteiger partial charge on any atom is 0.327 e. The van der Waals surface area contributed by atoms with Crippen molar-refractivity contribution in [3.8, 4) is 5.75 Å². The minimum absolute atomic E-state index is 0.323. The number of hydrogen-bond donors (Lipinski definition) is 1. The second-order valence-electron chi connectivity index (χ2n) is 3.12. The third-order valence-electron chi connectivity index (χ3n) is 2.08. The third kappa shape index (κ3) is 2.96. The maximum atomic E-state index is 11.4. The highest BCUT2D eigenvalue weighted by atomic mass is 79.9. The Kier molecular flexibility index (Phi) is 4.76. The zero-order valence-electron chi connectivity index (χ0n) is 9.20. The minimum atomic E-state index is -0.762. The molecule has 1 aromatic carbocycles. The van der Waals surface area contributed by atoms with E-state index >= 15 is 0 Å². The first-order chi connectivity index (χ1) is 7.60. The average molecular weight is 288 g/mol. The summed E-state index contributed by atoms with van der Waals surface area (Å²) >= 11 is 3.33. The average Bonchev–Trinajstić information content (AvgIpc) is 2.28. The van der Waals surface area contributed by atoms with E-state index in [4.69, 9.17) is 15.2 Å². The number of esters is 1. The summed E-state index contributed by atoms with van der Waals surface area (Å²) in [5.41, 5.74) is 6.44. The van der Waals surface area contributed by atoms with E-state index in [2.05, 4.69) is 15.9 Å². The van der Waals surface area contributed by atoms with Gasteiger partial charge in [-0.05, 0) is 40.5 Å². The van der Waals surface area contributed by atoms with Crippen LogP contribution in [0.3, 0.4) is 0 Å². The number of halogens is 1. The van der Waals surface area contributed by atoms with Crippen LogP contribution in [0.2, 0.25) is 0 Å². The van der Waals surface area contributed by atoms with E-state index in [0.717, 1.165) is 4.47 Å². The Labute approximate surface area is 103 Å². The van der Waals surface area contributed by atoms with Gasteiger partial charge in [-0.2, -0.15) is 0 Å². The smallest absolute Gasteiger partial charge is 0.327 e. The first kappa shape index (κ1) is 13.0. The molecule has 0 aliphatic heterocycles. The van der Waals surface area contributed by atoms with Gasteiger partial charge in [0.25, 0.3) is 0 Å². The van der Waals surface area contributed by atoms with Gasteiger partial charge in [-0.15, -0.1) is 0 Å². The van der Waals surface area contributed by atoms with Crippen molar-refractivity contribution < 1.29 is 14.3 Å². The zero-order valence-corrected chi connectivity index (χ0v) is 10.8. The van der Waals surface area contributed by atoms with E-state index in [0.29, 0.717) is 17.9 Å². The SMILES string of the molecule is CCOC(=O)C(N)c1ccc(OC)c(Br)c1. The molecule has 0 saturated heterocycles. The van der Waals surface area contributed by atoms with E-state index in [1.165, 1.54) is 0 Å². The van der Waals surface area contributed by atoms with Crippen LogP contribution >= 0.6 is 15.9 Å². The summed E-state index contributed by atoms with van der Waals surface area (Å²) in [6.07, 6.45) is 0. The lowest BCUT2D eigenvalue weighted by Gasteiger charge is -2.12. The Morgan fingerprint density at radius 3 is 2.75 bits per heavy atom. The summed E-state index contributed by atoms with van der Waals surface area (Å²) in [7, 11) is 1.57. The molecule has 0 radical (unpaired) electrons. The van der Waals surface area contributed by atoms with Crippen molar-refractivity contribution in [3.63, 3.8) is 0 Å². The van der Waals surface area contributed by atoms with Crippen molar-refractivity contribution in [2.75, 3.05) is 13.7 Å². The lowest BCUT2D eigenvalue weighted by molar-refractivity contribution is -0.144. The predicted molar refractivity (Wildman–Crippen MR) is 64.3 cm³/mol. The summed E-state index contributed by atoms with van der Waals surface area (Å²) in [4.78, 5) is 11.4. The summed E-state index contributed by atoms with van der Waals surface area (Å²) in [6.45, 7) is 2.07. The number of carbonyl (C=O) groups excluding carboxylic acids is 1. The Hall–Kier alpha value is -1.07. The maximum absolute atomic E-state index is 11.4. The number of nitrogens with two attached hydrogens (primary N) is 1. The molecule has 88 valence electrons. The number of carbonyl (C=O) groups is 1. The molecule has 0 amide bonds. The molecule has 1 unspecified atom stereocenters. The van der Waals surface area contributed by atoms with Crippen LogP contribution in [0.25, 0.3) is 0 Å². The van der Waals surface area contributed by atoms with E-state index in [1.807, 2.05) is 0 Å². The van der Waals surface area contributed by atoms with Crippen molar-refractivity contribution in [2.24, 2.45) is 5.73 Å². The highest BCUT2D eigenvalue weighted by molar-refractivity contribution is 9.10. The molecule has 0 aromatic heterocycles. The number of methoxy groups -OCH3 is 1. The van der Waals surface area contributed by atoms with E-state index in [-0.39, 0.29) is 0 Å². The molecule has 5 heteroatoms. The van der Waals surface area contributed by atoms with Crippen LogP contribution in [-0.2, 0) is 9.53 Å². The highest BCUT2D eigenvalue weighted by Gasteiger charge is 2.17. The molecular weight excluding hydrogens is 274 g/mol. The van der Waals surface area contributed by atoms with Gasteiger partial charge in [0.15, 0.2) is 0 Å². The van der Waals surface area contributed by atoms with Crippen molar-refractivity contribution in [1.82, 2.24) is 0 Å². The molecule has 0 heterocycles.